The van der Waals surface area contributed by atoms with Gasteiger partial charge in [-0.3, -0.25) is 0 Å². The highest BCUT2D eigenvalue weighted by Gasteiger charge is 2.24. The molecule has 0 aliphatic carbocycles. The Bertz CT molecular complexity index is 643. The minimum atomic E-state index is -1.01. The summed E-state index contributed by atoms with van der Waals surface area (Å²) >= 11 is 0. The molecular formula is C13H16N4O3. The highest BCUT2D eigenvalue weighted by molar-refractivity contribution is 5.88. The van der Waals surface area contributed by atoms with Gasteiger partial charge >= 0.3 is 5.97 Å². The van der Waals surface area contributed by atoms with Crippen molar-refractivity contribution in [1.82, 2.24) is 20.2 Å². The van der Waals surface area contributed by atoms with E-state index in [4.69, 9.17) is 9.84 Å². The zero-order valence-corrected chi connectivity index (χ0v) is 11.8. The van der Waals surface area contributed by atoms with Crippen LogP contribution in [0.5, 0.6) is 5.75 Å². The van der Waals surface area contributed by atoms with Crippen LogP contribution >= 0.6 is 0 Å². The smallest absolute Gasteiger partial charge is 0.335 e. The maximum Gasteiger partial charge on any atom is 0.335 e. The van der Waals surface area contributed by atoms with Crippen molar-refractivity contribution in [3.63, 3.8) is 0 Å². The highest BCUT2D eigenvalue weighted by Crippen LogP contribution is 2.28. The fourth-order valence-electron chi connectivity index (χ4n) is 1.81. The SMILES string of the molecule is COc1ccc(C(=O)O)cc1-n1nnnc1C(C)(C)C. The van der Waals surface area contributed by atoms with Gasteiger partial charge in [-0.1, -0.05) is 20.8 Å². The van der Waals surface area contributed by atoms with E-state index in [1.54, 1.807) is 6.07 Å². The molecule has 1 N–H and O–H groups in total. The summed E-state index contributed by atoms with van der Waals surface area (Å²) in [5.41, 5.74) is 0.367. The Labute approximate surface area is 116 Å². The van der Waals surface area contributed by atoms with Crippen LogP contribution in [0.15, 0.2) is 18.2 Å². The van der Waals surface area contributed by atoms with Crippen LogP contribution < -0.4 is 4.74 Å². The summed E-state index contributed by atoms with van der Waals surface area (Å²) in [4.78, 5) is 11.1. The molecule has 1 aromatic heterocycles. The molecule has 0 unspecified atom stereocenters. The molecule has 0 aliphatic heterocycles. The number of nitrogens with zero attached hydrogens (tertiary/aromatic N) is 4. The quantitative estimate of drug-likeness (QED) is 0.917. The second-order valence-electron chi connectivity index (χ2n) is 5.36. The summed E-state index contributed by atoms with van der Waals surface area (Å²) in [6.45, 7) is 5.92. The van der Waals surface area contributed by atoms with Gasteiger partial charge in [-0.05, 0) is 28.6 Å². The number of methoxy groups -OCH3 is 1. The van der Waals surface area contributed by atoms with Crippen molar-refractivity contribution in [1.29, 1.82) is 0 Å². The van der Waals surface area contributed by atoms with Crippen molar-refractivity contribution in [2.45, 2.75) is 26.2 Å². The number of carboxylic acid groups (broad SMARTS) is 1. The maximum absolute atomic E-state index is 11.1. The Hall–Kier alpha value is -2.44. The van der Waals surface area contributed by atoms with E-state index < -0.39 is 5.97 Å². The summed E-state index contributed by atoms with van der Waals surface area (Å²) < 4.78 is 6.77. The average molecular weight is 276 g/mol. The van der Waals surface area contributed by atoms with Crippen LogP contribution in [0.4, 0.5) is 0 Å². The van der Waals surface area contributed by atoms with E-state index in [9.17, 15) is 4.79 Å². The molecule has 20 heavy (non-hydrogen) atoms. The summed E-state index contributed by atoms with van der Waals surface area (Å²) in [5, 5.41) is 20.7. The van der Waals surface area contributed by atoms with Crippen molar-refractivity contribution in [3.8, 4) is 11.4 Å². The van der Waals surface area contributed by atoms with E-state index in [0.717, 1.165) is 0 Å². The fraction of sp³-hybridized carbons (Fsp3) is 0.385. The minimum Gasteiger partial charge on any atom is -0.494 e. The van der Waals surface area contributed by atoms with Crippen LogP contribution in [0.1, 0.15) is 37.0 Å². The van der Waals surface area contributed by atoms with Crippen molar-refractivity contribution < 1.29 is 14.6 Å². The zero-order chi connectivity index (χ0) is 14.9. The first-order chi connectivity index (χ1) is 9.34. The number of aromatic nitrogens is 4. The molecule has 0 atom stereocenters. The van der Waals surface area contributed by atoms with Gasteiger partial charge in [0, 0.05) is 5.41 Å². The predicted molar refractivity (Wildman–Crippen MR) is 71.4 cm³/mol. The summed E-state index contributed by atoms with van der Waals surface area (Å²) in [7, 11) is 1.51. The van der Waals surface area contributed by atoms with Crippen molar-refractivity contribution in [3.05, 3.63) is 29.6 Å². The van der Waals surface area contributed by atoms with E-state index in [2.05, 4.69) is 15.5 Å². The zero-order valence-electron chi connectivity index (χ0n) is 11.8. The first-order valence-electron chi connectivity index (χ1n) is 6.05. The number of benzene rings is 1. The molecule has 2 rings (SSSR count). The third-order valence-electron chi connectivity index (χ3n) is 2.79. The lowest BCUT2D eigenvalue weighted by atomic mass is 9.95. The van der Waals surface area contributed by atoms with E-state index in [0.29, 0.717) is 17.3 Å². The number of aromatic carboxylic acids is 1. The van der Waals surface area contributed by atoms with Crippen LogP contribution in [0.25, 0.3) is 5.69 Å². The molecule has 0 radical (unpaired) electrons. The molecule has 7 nitrogen and oxygen atoms in total. The fourth-order valence-corrected chi connectivity index (χ4v) is 1.81. The molecule has 0 saturated heterocycles. The monoisotopic (exact) mass is 276 g/mol. The van der Waals surface area contributed by atoms with Gasteiger partial charge in [-0.15, -0.1) is 5.10 Å². The van der Waals surface area contributed by atoms with Crippen LogP contribution in [-0.4, -0.2) is 38.4 Å². The van der Waals surface area contributed by atoms with Gasteiger partial charge in [0.15, 0.2) is 5.82 Å². The Kier molecular flexibility index (Phi) is 3.44. The van der Waals surface area contributed by atoms with E-state index in [1.165, 1.54) is 23.9 Å². The van der Waals surface area contributed by atoms with E-state index in [-0.39, 0.29) is 11.0 Å². The standard InChI is InChI=1S/C13H16N4O3/c1-13(2,3)12-14-15-16-17(12)9-7-8(11(18)19)5-6-10(9)20-4/h5-7H,1-4H3,(H,18,19). The van der Waals surface area contributed by atoms with E-state index >= 15 is 0 Å². The Morgan fingerprint density at radius 3 is 2.60 bits per heavy atom. The molecule has 1 aromatic carbocycles. The van der Waals surface area contributed by atoms with Crippen molar-refractivity contribution >= 4 is 5.97 Å². The lowest BCUT2D eigenvalue weighted by molar-refractivity contribution is 0.0697. The molecule has 0 fully saturated rings. The number of hydrogen-bond donors (Lipinski definition) is 1. The van der Waals surface area contributed by atoms with Gasteiger partial charge in [0.2, 0.25) is 0 Å². The molecular weight excluding hydrogens is 260 g/mol. The van der Waals surface area contributed by atoms with Crippen LogP contribution in [0.3, 0.4) is 0 Å². The summed E-state index contributed by atoms with van der Waals surface area (Å²) in [6.07, 6.45) is 0. The van der Waals surface area contributed by atoms with Gasteiger partial charge in [0.1, 0.15) is 11.4 Å². The molecule has 0 saturated carbocycles. The summed E-state index contributed by atoms with van der Waals surface area (Å²) in [6, 6.07) is 4.56. The molecule has 106 valence electrons. The van der Waals surface area contributed by atoms with E-state index in [1.807, 2.05) is 20.8 Å². The normalized spacial score (nSPS) is 11.4. The van der Waals surface area contributed by atoms with Gasteiger partial charge in [-0.25, -0.2) is 4.79 Å². The lowest BCUT2D eigenvalue weighted by Gasteiger charge is -2.18. The molecule has 0 spiro atoms. The topological polar surface area (TPSA) is 90.1 Å². The Morgan fingerprint density at radius 1 is 1.35 bits per heavy atom. The molecule has 2 aromatic rings. The molecule has 1 heterocycles. The second-order valence-corrected chi connectivity index (χ2v) is 5.36. The lowest BCUT2D eigenvalue weighted by Crippen LogP contribution is -2.19. The number of carboxylic acids is 1. The predicted octanol–water partition coefficient (Wildman–Crippen LogP) is 1.67. The van der Waals surface area contributed by atoms with Crippen molar-refractivity contribution in [2.24, 2.45) is 0 Å². The maximum atomic E-state index is 11.1. The van der Waals surface area contributed by atoms with Crippen LogP contribution in [-0.2, 0) is 5.41 Å². The van der Waals surface area contributed by atoms with Gasteiger partial charge in [0.05, 0.1) is 12.7 Å². The molecule has 0 amide bonds. The highest BCUT2D eigenvalue weighted by atomic mass is 16.5. The first kappa shape index (κ1) is 14.0. The Balaban J connectivity index is 2.65. The van der Waals surface area contributed by atoms with Crippen LogP contribution in [0.2, 0.25) is 0 Å². The molecule has 7 heteroatoms. The largest absolute Gasteiger partial charge is 0.494 e. The Morgan fingerprint density at radius 2 is 2.05 bits per heavy atom. The number of ether oxygens (including phenoxy) is 1. The molecule has 0 aliphatic rings. The number of hydrogen-bond acceptors (Lipinski definition) is 5. The molecule has 0 bridgehead atoms. The number of carbonyl (C=O) groups is 1. The third kappa shape index (κ3) is 2.47. The summed E-state index contributed by atoms with van der Waals surface area (Å²) in [5.74, 6) is 0.116. The number of tetrazole rings is 1. The van der Waals surface area contributed by atoms with Gasteiger partial charge in [-0.2, -0.15) is 4.68 Å². The van der Waals surface area contributed by atoms with Crippen molar-refractivity contribution in [2.75, 3.05) is 7.11 Å². The third-order valence-corrected chi connectivity index (χ3v) is 2.79. The second kappa shape index (κ2) is 4.92. The minimum absolute atomic E-state index is 0.149. The first-order valence-corrected chi connectivity index (χ1v) is 6.05. The van der Waals surface area contributed by atoms with Crippen LogP contribution in [0, 0.1) is 0 Å². The number of rotatable bonds is 3. The van der Waals surface area contributed by atoms with Gasteiger partial charge < -0.3 is 9.84 Å². The van der Waals surface area contributed by atoms with Gasteiger partial charge in [0.25, 0.3) is 0 Å². The average Bonchev–Trinajstić information content (AvgIpc) is 2.86.